The fourth-order valence-corrected chi connectivity index (χ4v) is 2.01. The summed E-state index contributed by atoms with van der Waals surface area (Å²) in [6, 6.07) is 13.7. The van der Waals surface area contributed by atoms with E-state index in [1.165, 1.54) is 6.07 Å². The molecule has 2 N–H and O–H groups in total. The molecule has 0 radical (unpaired) electrons. The predicted octanol–water partition coefficient (Wildman–Crippen LogP) is 4.55. The van der Waals surface area contributed by atoms with E-state index in [0.29, 0.717) is 17.5 Å². The van der Waals surface area contributed by atoms with Crippen LogP contribution in [-0.2, 0) is 9.59 Å². The Morgan fingerprint density at radius 1 is 1.08 bits per heavy atom. The Morgan fingerprint density at radius 2 is 1.71 bits per heavy atom. The van der Waals surface area contributed by atoms with Gasteiger partial charge in [0.05, 0.1) is 5.92 Å². The molecule has 5 heteroatoms. The molecule has 2 aromatic rings. The van der Waals surface area contributed by atoms with E-state index >= 15 is 0 Å². The van der Waals surface area contributed by atoms with E-state index in [4.69, 9.17) is 10.2 Å². The molecule has 128 valence electrons. The molecule has 0 spiro atoms. The maximum Gasteiger partial charge on any atom is 0.310 e. The van der Waals surface area contributed by atoms with Crippen molar-refractivity contribution in [1.82, 2.24) is 0 Å². The molecule has 1 atom stereocenters. The Bertz CT molecular complexity index is 683. The molecule has 2 aromatic carbocycles. The molecule has 0 aliphatic heterocycles. The van der Waals surface area contributed by atoms with E-state index in [2.05, 4.69) is 0 Å². The molecule has 0 heterocycles. The van der Waals surface area contributed by atoms with Crippen LogP contribution in [0.4, 0.5) is 4.39 Å². The highest BCUT2D eigenvalue weighted by molar-refractivity contribution is 5.76. The molecule has 2 rings (SSSR count). The van der Waals surface area contributed by atoms with Crippen LogP contribution in [0.2, 0.25) is 0 Å². The van der Waals surface area contributed by atoms with Crippen LogP contribution in [0.15, 0.2) is 48.5 Å². The summed E-state index contributed by atoms with van der Waals surface area (Å²) >= 11 is 0. The molecule has 0 saturated carbocycles. The molecule has 0 amide bonds. The Balaban J connectivity index is 0.000000413. The van der Waals surface area contributed by atoms with Crippen molar-refractivity contribution in [2.24, 2.45) is 0 Å². The van der Waals surface area contributed by atoms with E-state index in [1.807, 2.05) is 37.3 Å². The first kappa shape index (κ1) is 19.4. The topological polar surface area (TPSA) is 74.6 Å². The van der Waals surface area contributed by atoms with Gasteiger partial charge in [-0.3, -0.25) is 9.59 Å². The molecule has 1 unspecified atom stereocenters. The fourth-order valence-electron chi connectivity index (χ4n) is 2.01. The molecule has 0 bridgehead atoms. The van der Waals surface area contributed by atoms with Crippen LogP contribution in [0.1, 0.15) is 38.2 Å². The van der Waals surface area contributed by atoms with Crippen molar-refractivity contribution in [3.63, 3.8) is 0 Å². The number of carboxylic acids is 2. The monoisotopic (exact) mass is 332 g/mol. The first-order valence-electron chi connectivity index (χ1n) is 7.66. The van der Waals surface area contributed by atoms with E-state index in [-0.39, 0.29) is 0 Å². The first-order chi connectivity index (χ1) is 11.4. The van der Waals surface area contributed by atoms with Crippen LogP contribution in [0.3, 0.4) is 0 Å². The van der Waals surface area contributed by atoms with Gasteiger partial charge in [-0.1, -0.05) is 49.4 Å². The number of aliphatic carboxylic acids is 2. The van der Waals surface area contributed by atoms with Crippen LogP contribution >= 0.6 is 0 Å². The quantitative estimate of drug-likeness (QED) is 0.842. The number of carbonyl (C=O) groups is 2. The van der Waals surface area contributed by atoms with Gasteiger partial charge in [-0.15, -0.1) is 0 Å². The summed E-state index contributed by atoms with van der Waals surface area (Å²) < 4.78 is 14.0. The average molecular weight is 332 g/mol. The SMILES string of the molecule is CC(C(=O)O)c1ccc(-c2ccccc2)c(F)c1.CCCC(=O)O. The predicted molar refractivity (Wildman–Crippen MR) is 90.4 cm³/mol. The Morgan fingerprint density at radius 3 is 2.12 bits per heavy atom. The summed E-state index contributed by atoms with van der Waals surface area (Å²) in [6.07, 6.45) is 1.02. The summed E-state index contributed by atoms with van der Waals surface area (Å²) in [5.41, 5.74) is 1.74. The van der Waals surface area contributed by atoms with E-state index < -0.39 is 23.7 Å². The third kappa shape index (κ3) is 5.83. The van der Waals surface area contributed by atoms with Crippen LogP contribution < -0.4 is 0 Å². The van der Waals surface area contributed by atoms with Gasteiger partial charge < -0.3 is 10.2 Å². The van der Waals surface area contributed by atoms with Gasteiger partial charge in [0, 0.05) is 12.0 Å². The number of halogens is 1. The van der Waals surface area contributed by atoms with Gasteiger partial charge in [0.1, 0.15) is 5.82 Å². The zero-order valence-electron chi connectivity index (χ0n) is 13.7. The Kier molecular flexibility index (Phi) is 7.62. The smallest absolute Gasteiger partial charge is 0.310 e. The lowest BCUT2D eigenvalue weighted by Gasteiger charge is -2.09. The maximum atomic E-state index is 14.0. The molecule has 0 fully saturated rings. The number of carboxylic acid groups (broad SMARTS) is 2. The Hall–Kier alpha value is -2.69. The molecular formula is C19H21FO4. The van der Waals surface area contributed by atoms with Crippen molar-refractivity contribution < 1.29 is 24.2 Å². The molecule has 4 nitrogen and oxygen atoms in total. The van der Waals surface area contributed by atoms with Crippen molar-refractivity contribution in [3.05, 3.63) is 59.9 Å². The van der Waals surface area contributed by atoms with Gasteiger partial charge in [0.2, 0.25) is 0 Å². The molecule has 0 aliphatic carbocycles. The summed E-state index contributed by atoms with van der Waals surface area (Å²) in [4.78, 5) is 20.4. The van der Waals surface area contributed by atoms with Crippen molar-refractivity contribution in [2.75, 3.05) is 0 Å². The second-order valence-corrected chi connectivity index (χ2v) is 5.31. The van der Waals surface area contributed by atoms with Crippen molar-refractivity contribution in [2.45, 2.75) is 32.6 Å². The number of rotatable bonds is 5. The molecule has 0 aromatic heterocycles. The summed E-state index contributed by atoms with van der Waals surface area (Å²) in [5, 5.41) is 16.8. The fraction of sp³-hybridized carbons (Fsp3) is 0.263. The molecule has 0 aliphatic rings. The van der Waals surface area contributed by atoms with Crippen LogP contribution in [0.25, 0.3) is 11.1 Å². The van der Waals surface area contributed by atoms with Gasteiger partial charge >= 0.3 is 11.9 Å². The van der Waals surface area contributed by atoms with Crippen LogP contribution in [0.5, 0.6) is 0 Å². The zero-order valence-corrected chi connectivity index (χ0v) is 13.7. The van der Waals surface area contributed by atoms with Gasteiger partial charge in [0.25, 0.3) is 0 Å². The Labute approximate surface area is 140 Å². The highest BCUT2D eigenvalue weighted by Crippen LogP contribution is 2.26. The number of hydrogen-bond acceptors (Lipinski definition) is 2. The van der Waals surface area contributed by atoms with E-state index in [1.54, 1.807) is 19.1 Å². The minimum Gasteiger partial charge on any atom is -0.481 e. The largest absolute Gasteiger partial charge is 0.481 e. The molecular weight excluding hydrogens is 311 g/mol. The number of benzene rings is 2. The normalized spacial score (nSPS) is 11.1. The van der Waals surface area contributed by atoms with Gasteiger partial charge in [-0.05, 0) is 30.5 Å². The van der Waals surface area contributed by atoms with Gasteiger partial charge in [-0.25, -0.2) is 4.39 Å². The van der Waals surface area contributed by atoms with Crippen LogP contribution in [-0.4, -0.2) is 22.2 Å². The van der Waals surface area contributed by atoms with Crippen molar-refractivity contribution >= 4 is 11.9 Å². The summed E-state index contributed by atoms with van der Waals surface area (Å²) in [5.74, 6) is -2.77. The summed E-state index contributed by atoms with van der Waals surface area (Å²) in [6.45, 7) is 3.38. The van der Waals surface area contributed by atoms with Crippen molar-refractivity contribution in [3.8, 4) is 11.1 Å². The lowest BCUT2D eigenvalue weighted by Crippen LogP contribution is -2.07. The second kappa shape index (κ2) is 9.45. The van der Waals surface area contributed by atoms with Crippen molar-refractivity contribution in [1.29, 1.82) is 0 Å². The highest BCUT2D eigenvalue weighted by Gasteiger charge is 2.15. The zero-order chi connectivity index (χ0) is 18.1. The third-order valence-electron chi connectivity index (χ3n) is 3.41. The highest BCUT2D eigenvalue weighted by atomic mass is 19.1. The maximum absolute atomic E-state index is 14.0. The van der Waals surface area contributed by atoms with Gasteiger partial charge in [-0.2, -0.15) is 0 Å². The van der Waals surface area contributed by atoms with Crippen LogP contribution in [0, 0.1) is 5.82 Å². The van der Waals surface area contributed by atoms with E-state index in [9.17, 15) is 14.0 Å². The standard InChI is InChI=1S/C15H13FO2.C4H8O2/c1-10(15(17)18)12-7-8-13(14(16)9-12)11-5-3-2-4-6-11;1-2-3-4(5)6/h2-10H,1H3,(H,17,18);2-3H2,1H3,(H,5,6). The average Bonchev–Trinajstić information content (AvgIpc) is 2.55. The van der Waals surface area contributed by atoms with E-state index in [0.717, 1.165) is 12.0 Å². The van der Waals surface area contributed by atoms with Gasteiger partial charge in [0.15, 0.2) is 0 Å². The lowest BCUT2D eigenvalue weighted by molar-refractivity contribution is -0.138. The summed E-state index contributed by atoms with van der Waals surface area (Å²) in [7, 11) is 0. The number of hydrogen-bond donors (Lipinski definition) is 2. The minimum atomic E-state index is -0.957. The lowest BCUT2D eigenvalue weighted by atomic mass is 9.97. The minimum absolute atomic E-state index is 0.292. The third-order valence-corrected chi connectivity index (χ3v) is 3.41. The molecule has 24 heavy (non-hydrogen) atoms. The second-order valence-electron chi connectivity index (χ2n) is 5.31. The molecule has 0 saturated heterocycles. The first-order valence-corrected chi connectivity index (χ1v) is 7.66.